The van der Waals surface area contributed by atoms with E-state index >= 15 is 0 Å². The Hall–Kier alpha value is -1.35. The second kappa shape index (κ2) is 6.28. The molecule has 0 aliphatic carbocycles. The fourth-order valence-electron chi connectivity index (χ4n) is 1.66. The molecule has 0 radical (unpaired) electrons. The summed E-state index contributed by atoms with van der Waals surface area (Å²) in [6.07, 6.45) is 0.397. The first kappa shape index (κ1) is 12.7. The minimum atomic E-state index is -0.180. The normalized spacial score (nSPS) is 14.2. The van der Waals surface area contributed by atoms with Crippen LogP contribution in [0.15, 0.2) is 30.3 Å². The molecule has 1 unspecified atom stereocenters. The van der Waals surface area contributed by atoms with E-state index in [1.807, 2.05) is 25.1 Å². The third-order valence-corrected chi connectivity index (χ3v) is 2.53. The molecule has 1 rings (SSSR count). The minimum absolute atomic E-state index is 0.114. The van der Waals surface area contributed by atoms with E-state index in [-0.39, 0.29) is 18.1 Å². The van der Waals surface area contributed by atoms with Crippen LogP contribution in [0, 0.1) is 0 Å². The molecule has 0 saturated heterocycles. The van der Waals surface area contributed by atoms with Crippen molar-refractivity contribution in [3.63, 3.8) is 0 Å². The fourth-order valence-corrected chi connectivity index (χ4v) is 1.66. The quantitative estimate of drug-likeness (QED) is 0.775. The molecule has 1 aromatic rings. The monoisotopic (exact) mass is 221 g/mol. The molecule has 0 amide bonds. The molecule has 0 spiro atoms. The average Bonchev–Trinajstić information content (AvgIpc) is 2.29. The van der Waals surface area contributed by atoms with E-state index in [2.05, 4.69) is 29.1 Å². The van der Waals surface area contributed by atoms with E-state index in [0.29, 0.717) is 6.42 Å². The molecule has 0 saturated carbocycles. The lowest BCUT2D eigenvalue weighted by Crippen LogP contribution is -2.31. The molecule has 0 aliphatic heterocycles. The second-order valence-electron chi connectivity index (χ2n) is 3.98. The molecule has 0 aliphatic rings. The van der Waals surface area contributed by atoms with E-state index in [4.69, 9.17) is 0 Å². The van der Waals surface area contributed by atoms with Gasteiger partial charge in [0.2, 0.25) is 0 Å². The van der Waals surface area contributed by atoms with Gasteiger partial charge in [-0.15, -0.1) is 0 Å². The molecule has 0 aromatic heterocycles. The number of esters is 1. The fraction of sp³-hybridized carbons (Fsp3) is 0.462. The number of hydrogen-bond acceptors (Lipinski definition) is 3. The van der Waals surface area contributed by atoms with Gasteiger partial charge in [-0.05, 0) is 19.4 Å². The van der Waals surface area contributed by atoms with Crippen molar-refractivity contribution >= 4 is 5.97 Å². The van der Waals surface area contributed by atoms with E-state index in [1.54, 1.807) is 0 Å². The topological polar surface area (TPSA) is 38.3 Å². The summed E-state index contributed by atoms with van der Waals surface area (Å²) in [5, 5.41) is 3.36. The molecule has 3 nitrogen and oxygen atoms in total. The van der Waals surface area contributed by atoms with Crippen LogP contribution in [0.25, 0.3) is 0 Å². The lowest BCUT2D eigenvalue weighted by Gasteiger charge is -2.19. The van der Waals surface area contributed by atoms with Gasteiger partial charge in [-0.25, -0.2) is 0 Å². The van der Waals surface area contributed by atoms with E-state index in [9.17, 15) is 4.79 Å². The number of ether oxygens (including phenoxy) is 1. The van der Waals surface area contributed by atoms with Crippen molar-refractivity contribution in [3.8, 4) is 0 Å². The van der Waals surface area contributed by atoms with Gasteiger partial charge in [-0.2, -0.15) is 0 Å². The molecular formula is C13H19NO2. The molecule has 0 heterocycles. The molecule has 0 fully saturated rings. The standard InChI is InChI=1S/C13H19NO2/c1-10(9-13(15)16-3)14-11(2)12-7-5-4-6-8-12/h4-8,10-11,14H,9H2,1-3H3/t10-,11?/m0/s1. The smallest absolute Gasteiger partial charge is 0.307 e. The van der Waals surface area contributed by atoms with Crippen LogP contribution in [0.1, 0.15) is 31.9 Å². The van der Waals surface area contributed by atoms with Crippen LogP contribution in [-0.4, -0.2) is 19.1 Å². The summed E-state index contributed by atoms with van der Waals surface area (Å²) in [5.41, 5.74) is 1.22. The molecule has 1 aromatic carbocycles. The Balaban J connectivity index is 2.45. The lowest BCUT2D eigenvalue weighted by atomic mass is 10.1. The second-order valence-corrected chi connectivity index (χ2v) is 3.98. The molecule has 2 atom stereocenters. The summed E-state index contributed by atoms with van der Waals surface area (Å²) < 4.78 is 4.63. The number of rotatable bonds is 5. The minimum Gasteiger partial charge on any atom is -0.469 e. The van der Waals surface area contributed by atoms with Gasteiger partial charge in [-0.3, -0.25) is 4.79 Å². The molecule has 0 bridgehead atoms. The van der Waals surface area contributed by atoms with Crippen LogP contribution < -0.4 is 5.32 Å². The number of methoxy groups -OCH3 is 1. The van der Waals surface area contributed by atoms with Crippen LogP contribution in [0.2, 0.25) is 0 Å². The number of benzene rings is 1. The molecule has 1 N–H and O–H groups in total. The first-order chi connectivity index (χ1) is 7.63. The molecule has 3 heteroatoms. The Labute approximate surface area is 96.8 Å². The highest BCUT2D eigenvalue weighted by Crippen LogP contribution is 2.12. The molecule has 88 valence electrons. The van der Waals surface area contributed by atoms with Crippen LogP contribution in [0.3, 0.4) is 0 Å². The van der Waals surface area contributed by atoms with Crippen LogP contribution in [0.5, 0.6) is 0 Å². The summed E-state index contributed by atoms with van der Waals surface area (Å²) >= 11 is 0. The number of carbonyl (C=O) groups excluding carboxylic acids is 1. The maximum Gasteiger partial charge on any atom is 0.307 e. The summed E-state index contributed by atoms with van der Waals surface area (Å²) in [6.45, 7) is 4.07. The van der Waals surface area contributed by atoms with Gasteiger partial charge < -0.3 is 10.1 Å². The van der Waals surface area contributed by atoms with Gasteiger partial charge in [-0.1, -0.05) is 30.3 Å². The molecule has 16 heavy (non-hydrogen) atoms. The van der Waals surface area contributed by atoms with Crippen LogP contribution >= 0.6 is 0 Å². The summed E-state index contributed by atoms with van der Waals surface area (Å²) in [4.78, 5) is 11.1. The average molecular weight is 221 g/mol. The van der Waals surface area contributed by atoms with Gasteiger partial charge >= 0.3 is 5.97 Å². The Morgan fingerprint density at radius 2 is 1.94 bits per heavy atom. The zero-order valence-electron chi connectivity index (χ0n) is 10.1. The third kappa shape index (κ3) is 4.03. The van der Waals surface area contributed by atoms with Crippen molar-refractivity contribution in [2.45, 2.75) is 32.4 Å². The van der Waals surface area contributed by atoms with Gasteiger partial charge in [0.1, 0.15) is 0 Å². The first-order valence-corrected chi connectivity index (χ1v) is 5.51. The Kier molecular flexibility index (Phi) is 4.99. The summed E-state index contributed by atoms with van der Waals surface area (Å²) in [6, 6.07) is 10.5. The number of nitrogens with one attached hydrogen (secondary N) is 1. The zero-order valence-corrected chi connectivity index (χ0v) is 10.1. The van der Waals surface area contributed by atoms with Gasteiger partial charge in [0, 0.05) is 12.1 Å². The number of hydrogen-bond donors (Lipinski definition) is 1. The summed E-state index contributed by atoms with van der Waals surface area (Å²) in [7, 11) is 1.41. The largest absolute Gasteiger partial charge is 0.469 e. The van der Waals surface area contributed by atoms with Gasteiger partial charge in [0.25, 0.3) is 0 Å². The Morgan fingerprint density at radius 1 is 1.31 bits per heavy atom. The van der Waals surface area contributed by atoms with Crippen molar-refractivity contribution in [3.05, 3.63) is 35.9 Å². The lowest BCUT2D eigenvalue weighted by molar-refractivity contribution is -0.141. The van der Waals surface area contributed by atoms with E-state index in [0.717, 1.165) is 0 Å². The van der Waals surface area contributed by atoms with Crippen molar-refractivity contribution in [2.24, 2.45) is 0 Å². The van der Waals surface area contributed by atoms with Crippen molar-refractivity contribution in [1.29, 1.82) is 0 Å². The third-order valence-electron chi connectivity index (χ3n) is 2.53. The zero-order chi connectivity index (χ0) is 12.0. The van der Waals surface area contributed by atoms with E-state index < -0.39 is 0 Å². The van der Waals surface area contributed by atoms with Crippen molar-refractivity contribution in [1.82, 2.24) is 5.32 Å². The first-order valence-electron chi connectivity index (χ1n) is 5.51. The predicted molar refractivity (Wildman–Crippen MR) is 64.1 cm³/mol. The Morgan fingerprint density at radius 3 is 2.50 bits per heavy atom. The highest BCUT2D eigenvalue weighted by molar-refractivity contribution is 5.69. The predicted octanol–water partition coefficient (Wildman–Crippen LogP) is 2.29. The molecular weight excluding hydrogens is 202 g/mol. The van der Waals surface area contributed by atoms with E-state index in [1.165, 1.54) is 12.7 Å². The van der Waals surface area contributed by atoms with Crippen molar-refractivity contribution < 1.29 is 9.53 Å². The highest BCUT2D eigenvalue weighted by atomic mass is 16.5. The number of carbonyl (C=O) groups is 1. The Bertz CT molecular complexity index is 324. The van der Waals surface area contributed by atoms with Gasteiger partial charge in [0.15, 0.2) is 0 Å². The maximum absolute atomic E-state index is 11.1. The SMILES string of the molecule is COC(=O)C[C@H](C)NC(C)c1ccccc1. The van der Waals surface area contributed by atoms with Crippen LogP contribution in [0.4, 0.5) is 0 Å². The summed E-state index contributed by atoms with van der Waals surface area (Å²) in [5.74, 6) is -0.180. The van der Waals surface area contributed by atoms with Crippen LogP contribution in [-0.2, 0) is 9.53 Å². The maximum atomic E-state index is 11.1. The van der Waals surface area contributed by atoms with Gasteiger partial charge in [0.05, 0.1) is 13.5 Å². The van der Waals surface area contributed by atoms with Crippen molar-refractivity contribution in [2.75, 3.05) is 7.11 Å². The highest BCUT2D eigenvalue weighted by Gasteiger charge is 2.12.